The summed E-state index contributed by atoms with van der Waals surface area (Å²) in [7, 11) is 0. The Balaban J connectivity index is 1.91. The van der Waals surface area contributed by atoms with Crippen LogP contribution in [0, 0.1) is 0 Å². The monoisotopic (exact) mass is 256 g/mol. The van der Waals surface area contributed by atoms with Crippen molar-refractivity contribution in [3.63, 3.8) is 0 Å². The fraction of sp³-hybridized carbons (Fsp3) is 0.833. The first-order valence-corrected chi connectivity index (χ1v) is 7.46. The minimum Gasteiger partial charge on any atom is -0.330 e. The van der Waals surface area contributed by atoms with Gasteiger partial charge in [0.25, 0.3) is 0 Å². The van der Waals surface area contributed by atoms with Crippen LogP contribution in [0.5, 0.6) is 0 Å². The van der Waals surface area contributed by atoms with Gasteiger partial charge in [0.05, 0.1) is 5.25 Å². The van der Waals surface area contributed by atoms with E-state index in [9.17, 15) is 9.59 Å². The average Bonchev–Trinajstić information content (AvgIpc) is 2.89. The van der Waals surface area contributed by atoms with Gasteiger partial charge < -0.3 is 5.73 Å². The van der Waals surface area contributed by atoms with E-state index in [0.717, 1.165) is 37.9 Å². The molecule has 1 aliphatic carbocycles. The molecule has 0 bridgehead atoms. The number of likely N-dealkylation sites (tertiary alicyclic amines) is 1. The van der Waals surface area contributed by atoms with Crippen LogP contribution in [0.2, 0.25) is 0 Å². The van der Waals surface area contributed by atoms with Crippen LogP contribution in [0.3, 0.4) is 0 Å². The molecule has 1 heterocycles. The van der Waals surface area contributed by atoms with Crippen LogP contribution in [0.25, 0.3) is 0 Å². The molecule has 2 fully saturated rings. The number of amides is 2. The van der Waals surface area contributed by atoms with Crippen LogP contribution in [0.1, 0.15) is 38.5 Å². The Kier molecular flexibility index (Phi) is 4.45. The number of carbonyl (C=O) groups excluding carboxylic acids is 2. The molecule has 1 atom stereocenters. The summed E-state index contributed by atoms with van der Waals surface area (Å²) in [5.74, 6) is 0.953. The van der Waals surface area contributed by atoms with Crippen molar-refractivity contribution in [2.45, 2.75) is 49.8 Å². The van der Waals surface area contributed by atoms with Crippen molar-refractivity contribution in [1.29, 1.82) is 0 Å². The van der Waals surface area contributed by atoms with E-state index in [1.807, 2.05) is 0 Å². The molecule has 0 aromatic rings. The SMILES string of the molecule is NCCCSC1CC(=O)N(C2CCCC2)C1=O. The highest BCUT2D eigenvalue weighted by atomic mass is 32.2. The van der Waals surface area contributed by atoms with Gasteiger partial charge in [0, 0.05) is 12.5 Å². The number of carbonyl (C=O) groups is 2. The van der Waals surface area contributed by atoms with E-state index in [-0.39, 0.29) is 23.1 Å². The molecule has 1 aliphatic heterocycles. The van der Waals surface area contributed by atoms with Gasteiger partial charge in [0.1, 0.15) is 0 Å². The summed E-state index contributed by atoms with van der Waals surface area (Å²) >= 11 is 1.59. The lowest BCUT2D eigenvalue weighted by atomic mass is 10.2. The van der Waals surface area contributed by atoms with E-state index >= 15 is 0 Å². The Morgan fingerprint density at radius 3 is 2.65 bits per heavy atom. The summed E-state index contributed by atoms with van der Waals surface area (Å²) in [5, 5.41) is -0.144. The summed E-state index contributed by atoms with van der Waals surface area (Å²) < 4.78 is 0. The maximum absolute atomic E-state index is 12.2. The van der Waals surface area contributed by atoms with Crippen molar-refractivity contribution in [2.24, 2.45) is 5.73 Å². The van der Waals surface area contributed by atoms with Gasteiger partial charge in [0.2, 0.25) is 11.8 Å². The lowest BCUT2D eigenvalue weighted by molar-refractivity contribution is -0.140. The van der Waals surface area contributed by atoms with E-state index < -0.39 is 0 Å². The summed E-state index contributed by atoms with van der Waals surface area (Å²) in [5.41, 5.74) is 5.43. The molecule has 4 nitrogen and oxygen atoms in total. The average molecular weight is 256 g/mol. The largest absolute Gasteiger partial charge is 0.330 e. The molecule has 2 N–H and O–H groups in total. The van der Waals surface area contributed by atoms with Crippen LogP contribution in [-0.4, -0.2) is 40.3 Å². The molecule has 17 heavy (non-hydrogen) atoms. The Bertz CT molecular complexity index is 303. The Morgan fingerprint density at radius 2 is 2.00 bits per heavy atom. The van der Waals surface area contributed by atoms with Gasteiger partial charge in [0.15, 0.2) is 0 Å². The highest BCUT2D eigenvalue weighted by Crippen LogP contribution is 2.32. The van der Waals surface area contributed by atoms with Gasteiger partial charge in [-0.15, -0.1) is 11.8 Å². The second-order valence-electron chi connectivity index (χ2n) is 4.75. The van der Waals surface area contributed by atoms with Gasteiger partial charge >= 0.3 is 0 Å². The molecule has 1 unspecified atom stereocenters. The van der Waals surface area contributed by atoms with Gasteiger partial charge in [-0.05, 0) is 31.6 Å². The van der Waals surface area contributed by atoms with Crippen LogP contribution in [0.4, 0.5) is 0 Å². The topological polar surface area (TPSA) is 63.4 Å². The van der Waals surface area contributed by atoms with E-state index in [0.29, 0.717) is 13.0 Å². The van der Waals surface area contributed by atoms with Crippen molar-refractivity contribution < 1.29 is 9.59 Å². The fourth-order valence-electron chi connectivity index (χ4n) is 2.61. The third-order valence-corrected chi connectivity index (χ3v) is 4.79. The molecule has 0 spiro atoms. The van der Waals surface area contributed by atoms with Crippen molar-refractivity contribution in [1.82, 2.24) is 4.90 Å². The number of hydrogen-bond donors (Lipinski definition) is 1. The molecule has 1 saturated carbocycles. The van der Waals surface area contributed by atoms with E-state index in [1.165, 1.54) is 0 Å². The lowest BCUT2D eigenvalue weighted by Gasteiger charge is -2.21. The number of thioether (sulfide) groups is 1. The summed E-state index contributed by atoms with van der Waals surface area (Å²) in [6.45, 7) is 0.647. The number of imide groups is 1. The van der Waals surface area contributed by atoms with Crippen LogP contribution < -0.4 is 5.73 Å². The molecular formula is C12H20N2O2S. The van der Waals surface area contributed by atoms with Gasteiger partial charge in [-0.25, -0.2) is 0 Å². The van der Waals surface area contributed by atoms with Crippen molar-refractivity contribution >= 4 is 23.6 Å². The highest BCUT2D eigenvalue weighted by Gasteiger charge is 2.42. The van der Waals surface area contributed by atoms with E-state index in [2.05, 4.69) is 0 Å². The highest BCUT2D eigenvalue weighted by molar-refractivity contribution is 8.00. The van der Waals surface area contributed by atoms with Crippen molar-refractivity contribution in [3.05, 3.63) is 0 Å². The molecule has 2 rings (SSSR count). The molecule has 1 saturated heterocycles. The molecule has 2 amide bonds. The van der Waals surface area contributed by atoms with Crippen molar-refractivity contribution in [2.75, 3.05) is 12.3 Å². The second-order valence-corrected chi connectivity index (χ2v) is 6.06. The smallest absolute Gasteiger partial charge is 0.243 e. The minimum atomic E-state index is -0.144. The first-order chi connectivity index (χ1) is 8.24. The van der Waals surface area contributed by atoms with Gasteiger partial charge in [-0.2, -0.15) is 0 Å². The Labute approximate surface area is 106 Å². The predicted molar refractivity (Wildman–Crippen MR) is 68.6 cm³/mol. The molecule has 96 valence electrons. The maximum Gasteiger partial charge on any atom is 0.243 e. The zero-order valence-corrected chi connectivity index (χ0v) is 10.9. The first kappa shape index (κ1) is 12.9. The minimum absolute atomic E-state index is 0.0344. The lowest BCUT2D eigenvalue weighted by Crippen LogP contribution is -2.39. The Morgan fingerprint density at radius 1 is 1.29 bits per heavy atom. The summed E-state index contributed by atoms with van der Waals surface area (Å²) in [6, 6.07) is 0.190. The molecule has 0 radical (unpaired) electrons. The normalized spacial score (nSPS) is 26.2. The quantitative estimate of drug-likeness (QED) is 0.592. The zero-order valence-electron chi connectivity index (χ0n) is 10.1. The number of nitrogens with zero attached hydrogens (tertiary/aromatic N) is 1. The van der Waals surface area contributed by atoms with Crippen LogP contribution in [-0.2, 0) is 9.59 Å². The Hall–Kier alpha value is -0.550. The predicted octanol–water partition coefficient (Wildman–Crippen LogP) is 1.14. The van der Waals surface area contributed by atoms with Gasteiger partial charge in [-0.1, -0.05) is 12.8 Å². The molecule has 0 aromatic heterocycles. The third kappa shape index (κ3) is 2.83. The van der Waals surface area contributed by atoms with Crippen molar-refractivity contribution in [3.8, 4) is 0 Å². The molecular weight excluding hydrogens is 236 g/mol. The third-order valence-electron chi connectivity index (χ3n) is 3.50. The van der Waals surface area contributed by atoms with E-state index in [4.69, 9.17) is 5.73 Å². The zero-order chi connectivity index (χ0) is 12.3. The second kappa shape index (κ2) is 5.87. The molecule has 2 aliphatic rings. The standard InChI is InChI=1S/C12H20N2O2S/c13-6-3-7-17-10-8-11(15)14(12(10)16)9-4-1-2-5-9/h9-10H,1-8,13H2. The number of nitrogens with two attached hydrogens (primary N) is 1. The van der Waals surface area contributed by atoms with Crippen LogP contribution in [0.15, 0.2) is 0 Å². The molecule has 5 heteroatoms. The fourth-order valence-corrected chi connectivity index (χ4v) is 3.74. The van der Waals surface area contributed by atoms with Crippen LogP contribution >= 0.6 is 11.8 Å². The van der Waals surface area contributed by atoms with E-state index in [1.54, 1.807) is 16.7 Å². The number of hydrogen-bond acceptors (Lipinski definition) is 4. The first-order valence-electron chi connectivity index (χ1n) is 6.41. The molecule has 0 aromatic carbocycles. The summed E-state index contributed by atoms with van der Waals surface area (Å²) in [4.78, 5) is 25.6. The maximum atomic E-state index is 12.2. The number of rotatable bonds is 5. The van der Waals surface area contributed by atoms with Gasteiger partial charge in [-0.3, -0.25) is 14.5 Å². The summed E-state index contributed by atoms with van der Waals surface area (Å²) in [6.07, 6.45) is 5.59.